The number of aliphatic hydroxyl groups is 1. The number of aromatic nitrogens is 2. The average molecular weight is 436 g/mol. The van der Waals surface area contributed by atoms with E-state index in [0.29, 0.717) is 35.0 Å². The molecule has 0 saturated heterocycles. The second-order valence-corrected chi connectivity index (χ2v) is 8.61. The predicted octanol–water partition coefficient (Wildman–Crippen LogP) is 4.05. The number of carbonyl (C=O) groups excluding carboxylic acids is 1. The number of carbonyl (C=O) groups is 1. The molecular weight excluding hydrogens is 406 g/mol. The Morgan fingerprint density at radius 1 is 1.22 bits per heavy atom. The van der Waals surface area contributed by atoms with E-state index < -0.39 is 6.04 Å². The van der Waals surface area contributed by atoms with Gasteiger partial charge in [0.1, 0.15) is 22.9 Å². The first-order chi connectivity index (χ1) is 15.4. The Bertz CT molecular complexity index is 1120. The van der Waals surface area contributed by atoms with Gasteiger partial charge >= 0.3 is 0 Å². The van der Waals surface area contributed by atoms with E-state index in [4.69, 9.17) is 4.74 Å². The maximum absolute atomic E-state index is 13.1. The maximum atomic E-state index is 13.1. The SMILES string of the molecule is Cc1ccc(O)c(-c2n[nH]c3c2[C@H](c2cccc(OCCC(C)C)c2)N(CCO)C3=O)c1. The molecule has 1 amide bonds. The van der Waals surface area contributed by atoms with Crippen LogP contribution < -0.4 is 4.74 Å². The van der Waals surface area contributed by atoms with Gasteiger partial charge in [-0.3, -0.25) is 9.89 Å². The van der Waals surface area contributed by atoms with E-state index in [9.17, 15) is 15.0 Å². The fourth-order valence-electron chi connectivity index (χ4n) is 4.11. The van der Waals surface area contributed by atoms with Crippen molar-refractivity contribution in [2.45, 2.75) is 33.2 Å². The number of nitrogens with one attached hydrogen (secondary N) is 1. The lowest BCUT2D eigenvalue weighted by Gasteiger charge is -2.26. The van der Waals surface area contributed by atoms with Crippen LogP contribution in [-0.2, 0) is 0 Å². The minimum atomic E-state index is -0.452. The van der Waals surface area contributed by atoms with Crippen LogP contribution in [0.2, 0.25) is 0 Å². The Labute approximate surface area is 187 Å². The molecule has 0 spiro atoms. The molecule has 7 heteroatoms. The van der Waals surface area contributed by atoms with Crippen LogP contribution in [0.3, 0.4) is 0 Å². The molecule has 0 aliphatic carbocycles. The number of β-amino-alcohol motifs (C(OH)–C–C–N with tert-alkyl or cyclic N) is 1. The number of aromatic hydroxyl groups is 1. The molecule has 3 aromatic rings. The van der Waals surface area contributed by atoms with Crippen LogP contribution in [0.25, 0.3) is 11.3 Å². The predicted molar refractivity (Wildman–Crippen MR) is 122 cm³/mol. The normalized spacial score (nSPS) is 15.5. The standard InChI is InChI=1S/C25H29N3O4/c1-15(2)9-12-32-18-6-4-5-17(14-18)24-21-22(19-13-16(3)7-8-20(19)30)26-27-23(21)25(31)28(24)10-11-29/h4-8,13-15,24,29-30H,9-12H2,1-3H3,(H,26,27)/t24-/m0/s1. The molecule has 1 aliphatic heterocycles. The Morgan fingerprint density at radius 2 is 2.03 bits per heavy atom. The molecule has 2 heterocycles. The Morgan fingerprint density at radius 3 is 2.78 bits per heavy atom. The molecule has 32 heavy (non-hydrogen) atoms. The summed E-state index contributed by atoms with van der Waals surface area (Å²) in [5.74, 6) is 1.15. The largest absolute Gasteiger partial charge is 0.507 e. The van der Waals surface area contributed by atoms with Crippen LogP contribution in [0.4, 0.5) is 0 Å². The second-order valence-electron chi connectivity index (χ2n) is 8.61. The Kier molecular flexibility index (Phi) is 6.19. The molecule has 1 atom stereocenters. The van der Waals surface area contributed by atoms with Crippen molar-refractivity contribution in [3.63, 3.8) is 0 Å². The summed E-state index contributed by atoms with van der Waals surface area (Å²) < 4.78 is 5.94. The van der Waals surface area contributed by atoms with Gasteiger partial charge < -0.3 is 19.8 Å². The highest BCUT2D eigenvalue weighted by atomic mass is 16.5. The van der Waals surface area contributed by atoms with Crippen molar-refractivity contribution < 1.29 is 19.7 Å². The van der Waals surface area contributed by atoms with Crippen LogP contribution in [0, 0.1) is 12.8 Å². The summed E-state index contributed by atoms with van der Waals surface area (Å²) in [6.45, 7) is 6.89. The van der Waals surface area contributed by atoms with Gasteiger partial charge in [-0.05, 0) is 49.1 Å². The van der Waals surface area contributed by atoms with Crippen molar-refractivity contribution >= 4 is 5.91 Å². The number of phenolic OH excluding ortho intramolecular Hbond substituents is 1. The molecule has 0 radical (unpaired) electrons. The number of aromatic amines is 1. The van der Waals surface area contributed by atoms with Crippen LogP contribution in [0.1, 0.15) is 53.5 Å². The van der Waals surface area contributed by atoms with E-state index in [1.165, 1.54) is 0 Å². The first-order valence-corrected chi connectivity index (χ1v) is 10.9. The molecule has 0 saturated carbocycles. The van der Waals surface area contributed by atoms with Crippen LogP contribution >= 0.6 is 0 Å². The summed E-state index contributed by atoms with van der Waals surface area (Å²) in [4.78, 5) is 14.8. The number of rotatable bonds is 8. The number of phenols is 1. The minimum absolute atomic E-state index is 0.0995. The first kappa shape index (κ1) is 21.9. The monoisotopic (exact) mass is 435 g/mol. The van der Waals surface area contributed by atoms with Gasteiger partial charge in [-0.1, -0.05) is 37.6 Å². The molecule has 168 valence electrons. The lowest BCUT2D eigenvalue weighted by atomic mass is 9.95. The van der Waals surface area contributed by atoms with Gasteiger partial charge in [-0.2, -0.15) is 5.10 Å². The number of nitrogens with zero attached hydrogens (tertiary/aromatic N) is 2. The highest BCUT2D eigenvalue weighted by Crippen LogP contribution is 2.44. The molecule has 2 aromatic carbocycles. The van der Waals surface area contributed by atoms with E-state index in [1.807, 2.05) is 43.3 Å². The zero-order chi connectivity index (χ0) is 22.8. The number of H-pyrrole nitrogens is 1. The summed E-state index contributed by atoms with van der Waals surface area (Å²) in [6, 6.07) is 12.5. The van der Waals surface area contributed by atoms with Gasteiger partial charge in [0, 0.05) is 17.7 Å². The second kappa shape index (κ2) is 9.04. The lowest BCUT2D eigenvalue weighted by molar-refractivity contribution is 0.0706. The van der Waals surface area contributed by atoms with Gasteiger partial charge in [0.15, 0.2) is 0 Å². The number of aryl methyl sites for hydroxylation is 1. The van der Waals surface area contributed by atoms with E-state index in [1.54, 1.807) is 11.0 Å². The molecule has 1 aromatic heterocycles. The maximum Gasteiger partial charge on any atom is 0.273 e. The molecule has 3 N–H and O–H groups in total. The number of benzene rings is 2. The Balaban J connectivity index is 1.78. The van der Waals surface area contributed by atoms with Crippen LogP contribution in [0.5, 0.6) is 11.5 Å². The van der Waals surface area contributed by atoms with E-state index in [-0.39, 0.29) is 24.8 Å². The van der Waals surface area contributed by atoms with Gasteiger partial charge in [-0.15, -0.1) is 0 Å². The third-order valence-corrected chi connectivity index (χ3v) is 5.75. The van der Waals surface area contributed by atoms with Crippen molar-refractivity contribution in [1.82, 2.24) is 15.1 Å². The quantitative estimate of drug-likeness (QED) is 0.496. The Hall–Kier alpha value is -3.32. The number of fused-ring (bicyclic) bond motifs is 1. The fourth-order valence-corrected chi connectivity index (χ4v) is 4.11. The topological polar surface area (TPSA) is 98.7 Å². The highest BCUT2D eigenvalue weighted by molar-refractivity contribution is 6.00. The molecule has 4 rings (SSSR count). The zero-order valence-electron chi connectivity index (χ0n) is 18.6. The average Bonchev–Trinajstić information content (AvgIpc) is 3.29. The van der Waals surface area contributed by atoms with Crippen molar-refractivity contribution in [2.24, 2.45) is 5.92 Å². The number of ether oxygens (including phenoxy) is 1. The van der Waals surface area contributed by atoms with E-state index in [2.05, 4.69) is 24.0 Å². The fraction of sp³-hybridized carbons (Fsp3) is 0.360. The van der Waals surface area contributed by atoms with Gasteiger partial charge in [0.05, 0.1) is 19.3 Å². The molecule has 1 aliphatic rings. The molecule has 7 nitrogen and oxygen atoms in total. The van der Waals surface area contributed by atoms with Gasteiger partial charge in [-0.25, -0.2) is 0 Å². The summed E-state index contributed by atoms with van der Waals surface area (Å²) in [5, 5.41) is 27.4. The van der Waals surface area contributed by atoms with Crippen molar-refractivity contribution in [2.75, 3.05) is 19.8 Å². The molecule has 0 unspecified atom stereocenters. The third kappa shape index (κ3) is 4.08. The van der Waals surface area contributed by atoms with E-state index in [0.717, 1.165) is 23.3 Å². The van der Waals surface area contributed by atoms with Crippen LogP contribution in [-0.4, -0.2) is 51.0 Å². The highest BCUT2D eigenvalue weighted by Gasteiger charge is 2.42. The number of hydrogen-bond donors (Lipinski definition) is 3. The number of aliphatic hydroxyl groups excluding tert-OH is 1. The van der Waals surface area contributed by atoms with Gasteiger partial charge in [0.25, 0.3) is 5.91 Å². The van der Waals surface area contributed by atoms with Crippen molar-refractivity contribution in [3.8, 4) is 22.8 Å². The third-order valence-electron chi connectivity index (χ3n) is 5.75. The van der Waals surface area contributed by atoms with Crippen molar-refractivity contribution in [1.29, 1.82) is 0 Å². The number of amides is 1. The smallest absolute Gasteiger partial charge is 0.273 e. The summed E-state index contributed by atoms with van der Waals surface area (Å²) in [5.41, 5.74) is 4.02. The zero-order valence-corrected chi connectivity index (χ0v) is 18.6. The minimum Gasteiger partial charge on any atom is -0.507 e. The van der Waals surface area contributed by atoms with Gasteiger partial charge in [0.2, 0.25) is 0 Å². The summed E-state index contributed by atoms with van der Waals surface area (Å²) in [7, 11) is 0. The summed E-state index contributed by atoms with van der Waals surface area (Å²) in [6.07, 6.45) is 0.950. The molecule has 0 fully saturated rings. The van der Waals surface area contributed by atoms with E-state index >= 15 is 0 Å². The summed E-state index contributed by atoms with van der Waals surface area (Å²) >= 11 is 0. The number of hydrogen-bond acceptors (Lipinski definition) is 5. The van der Waals surface area contributed by atoms with Crippen LogP contribution in [0.15, 0.2) is 42.5 Å². The lowest BCUT2D eigenvalue weighted by Crippen LogP contribution is -2.32. The van der Waals surface area contributed by atoms with Crippen molar-refractivity contribution in [3.05, 3.63) is 64.8 Å². The molecular formula is C25H29N3O4. The first-order valence-electron chi connectivity index (χ1n) is 10.9. The molecule has 0 bridgehead atoms.